The van der Waals surface area contributed by atoms with Gasteiger partial charge in [0.25, 0.3) is 5.91 Å². The molecular formula is C34H42N10O3. The van der Waals surface area contributed by atoms with E-state index in [1.54, 1.807) is 37.3 Å². The lowest BCUT2D eigenvalue weighted by Gasteiger charge is -2.22. The second-order valence-electron chi connectivity index (χ2n) is 11.5. The molecule has 4 aromatic rings. The molecule has 5 rings (SSSR count). The molecule has 1 fully saturated rings. The quantitative estimate of drug-likeness (QED) is 0.190. The Hall–Kier alpha value is -5.46. The van der Waals surface area contributed by atoms with E-state index in [9.17, 15) is 9.59 Å². The van der Waals surface area contributed by atoms with Gasteiger partial charge in [-0.1, -0.05) is 25.5 Å². The van der Waals surface area contributed by atoms with E-state index in [1.807, 2.05) is 62.3 Å². The van der Waals surface area contributed by atoms with Gasteiger partial charge in [0.1, 0.15) is 0 Å². The first-order chi connectivity index (χ1) is 22.6. The number of carbonyl (C=O) groups excluding carboxylic acids is 3. The van der Waals surface area contributed by atoms with Gasteiger partial charge in [-0.25, -0.2) is 0 Å². The molecule has 0 radical (unpaired) electrons. The summed E-state index contributed by atoms with van der Waals surface area (Å²) in [5, 5.41) is 25.7. The maximum absolute atomic E-state index is 13.1. The minimum Gasteiger partial charge on any atom is -0.375 e. The van der Waals surface area contributed by atoms with E-state index < -0.39 is 0 Å². The van der Waals surface area contributed by atoms with Crippen molar-refractivity contribution in [2.45, 2.75) is 46.1 Å². The Kier molecular flexibility index (Phi) is 11.9. The number of hydrogen-bond donors (Lipinski definition) is 3. The van der Waals surface area contributed by atoms with Gasteiger partial charge in [-0.3, -0.25) is 19.4 Å². The topological polar surface area (TPSA) is 158 Å². The van der Waals surface area contributed by atoms with Crippen molar-refractivity contribution in [3.05, 3.63) is 77.4 Å². The predicted octanol–water partition coefficient (Wildman–Crippen LogP) is 4.38. The van der Waals surface area contributed by atoms with Crippen LogP contribution in [0.4, 0.5) is 22.9 Å². The molecule has 47 heavy (non-hydrogen) atoms. The summed E-state index contributed by atoms with van der Waals surface area (Å²) in [6.45, 7) is 4.38. The zero-order valence-electron chi connectivity index (χ0n) is 27.7. The maximum Gasteiger partial charge on any atom is 0.274 e. The van der Waals surface area contributed by atoms with Gasteiger partial charge < -0.3 is 25.8 Å². The molecule has 1 aliphatic rings. The second kappa shape index (κ2) is 16.2. The van der Waals surface area contributed by atoms with E-state index in [2.05, 4.69) is 48.3 Å². The van der Waals surface area contributed by atoms with Crippen molar-refractivity contribution in [3.63, 3.8) is 0 Å². The molecule has 0 atom stereocenters. The molecule has 3 heterocycles. The number of nitrogens with zero attached hydrogens (tertiary/aromatic N) is 7. The van der Waals surface area contributed by atoms with Crippen LogP contribution >= 0.6 is 0 Å². The summed E-state index contributed by atoms with van der Waals surface area (Å²) in [5.74, 6) is 0.229. The van der Waals surface area contributed by atoms with Crippen LogP contribution in [0, 0.1) is 12.8 Å². The highest BCUT2D eigenvalue weighted by Gasteiger charge is 2.30. The summed E-state index contributed by atoms with van der Waals surface area (Å²) in [5.41, 5.74) is 6.89. The van der Waals surface area contributed by atoms with Gasteiger partial charge >= 0.3 is 0 Å². The summed E-state index contributed by atoms with van der Waals surface area (Å²) < 4.78 is 0. The van der Waals surface area contributed by atoms with E-state index in [1.165, 1.54) is 5.56 Å². The number of carbonyl (C=O) groups is 3. The van der Waals surface area contributed by atoms with Crippen LogP contribution in [0.2, 0.25) is 0 Å². The van der Waals surface area contributed by atoms with Gasteiger partial charge in [0.05, 0.1) is 40.7 Å². The molecule has 0 unspecified atom stereocenters. The Balaban J connectivity index is 0.00000118. The highest BCUT2D eigenvalue weighted by molar-refractivity contribution is 5.94. The van der Waals surface area contributed by atoms with Crippen LogP contribution in [-0.2, 0) is 22.6 Å². The first-order valence-corrected chi connectivity index (χ1v) is 15.5. The highest BCUT2D eigenvalue weighted by atomic mass is 16.2. The third-order valence-corrected chi connectivity index (χ3v) is 7.37. The van der Waals surface area contributed by atoms with Gasteiger partial charge in [0, 0.05) is 51.9 Å². The van der Waals surface area contributed by atoms with Crippen molar-refractivity contribution in [3.8, 4) is 11.3 Å². The molecule has 1 aliphatic carbocycles. The van der Waals surface area contributed by atoms with Gasteiger partial charge in [0.15, 0.2) is 11.5 Å². The largest absolute Gasteiger partial charge is 0.375 e. The molecule has 13 heteroatoms. The Morgan fingerprint density at radius 1 is 0.979 bits per heavy atom. The van der Waals surface area contributed by atoms with Gasteiger partial charge in [-0.05, 0) is 62.1 Å². The van der Waals surface area contributed by atoms with Crippen molar-refractivity contribution in [2.75, 3.05) is 43.7 Å². The lowest BCUT2D eigenvalue weighted by Crippen LogP contribution is -2.27. The number of nitrogens with one attached hydrogen (secondary N) is 3. The molecule has 3 N–H and O–H groups in total. The van der Waals surface area contributed by atoms with Crippen molar-refractivity contribution < 1.29 is 14.4 Å². The van der Waals surface area contributed by atoms with Crippen LogP contribution in [0.1, 0.15) is 53.6 Å². The van der Waals surface area contributed by atoms with Crippen LogP contribution in [0.3, 0.4) is 0 Å². The molecule has 0 saturated heterocycles. The normalized spacial score (nSPS) is 11.9. The lowest BCUT2D eigenvalue weighted by atomic mass is 10.1. The fraction of sp³-hybridized carbons (Fsp3) is 0.353. The molecule has 1 saturated carbocycles. The van der Waals surface area contributed by atoms with Gasteiger partial charge in [0.2, 0.25) is 12.3 Å². The second-order valence-corrected chi connectivity index (χ2v) is 11.5. The first kappa shape index (κ1) is 34.4. The maximum atomic E-state index is 13.1. The molecule has 1 aromatic carbocycles. The molecule has 3 amide bonds. The van der Waals surface area contributed by atoms with E-state index in [-0.39, 0.29) is 23.4 Å². The molecular weight excluding hydrogens is 596 g/mol. The van der Waals surface area contributed by atoms with Crippen LogP contribution < -0.4 is 20.9 Å². The standard InChI is InChI=1S/C32H37N9O2.C2H5NO/c1-6-8-21-15-16-33-23(17-21)19-41(5)32(43)27-14-13-25(37-38-27)24-9-7-10-26(30(24)40(3)4)34-28-18-29(39-36-20(28)2)35-31(42)22-11-12-22;1-3-2-4/h7,9-10,13-18,22H,6,8,11-12,19H2,1-5H3,(H2,34,35,39,42);2H,1H3,(H,3,4). The minimum atomic E-state index is -0.227. The number of aryl methyl sites for hydroxylation is 2. The number of aromatic nitrogens is 5. The smallest absolute Gasteiger partial charge is 0.274 e. The average Bonchev–Trinajstić information content (AvgIpc) is 3.92. The fourth-order valence-electron chi connectivity index (χ4n) is 4.85. The average molecular weight is 639 g/mol. The summed E-state index contributed by atoms with van der Waals surface area (Å²) in [7, 11) is 7.21. The minimum absolute atomic E-state index is 0.0235. The number of hydrogen-bond acceptors (Lipinski definition) is 10. The number of pyridine rings is 1. The molecule has 3 aromatic heterocycles. The Bertz CT molecular complexity index is 1690. The van der Waals surface area contributed by atoms with Crippen molar-refractivity contribution in [1.29, 1.82) is 0 Å². The molecule has 0 bridgehead atoms. The molecule has 246 valence electrons. The number of benzene rings is 1. The lowest BCUT2D eigenvalue weighted by molar-refractivity contribution is -0.117. The zero-order chi connectivity index (χ0) is 33.9. The third-order valence-electron chi connectivity index (χ3n) is 7.37. The predicted molar refractivity (Wildman–Crippen MR) is 182 cm³/mol. The summed E-state index contributed by atoms with van der Waals surface area (Å²) in [6.07, 6.45) is 6.27. The number of para-hydroxylation sites is 1. The Labute approximate surface area is 275 Å². The van der Waals surface area contributed by atoms with Crippen molar-refractivity contribution in [2.24, 2.45) is 5.92 Å². The third kappa shape index (κ3) is 9.28. The van der Waals surface area contributed by atoms with Crippen LogP contribution in [-0.4, -0.2) is 76.7 Å². The Morgan fingerprint density at radius 2 is 1.74 bits per heavy atom. The zero-order valence-corrected chi connectivity index (χ0v) is 27.7. The molecule has 13 nitrogen and oxygen atoms in total. The van der Waals surface area contributed by atoms with Crippen LogP contribution in [0.25, 0.3) is 11.3 Å². The van der Waals surface area contributed by atoms with Crippen LogP contribution in [0.15, 0.2) is 54.7 Å². The van der Waals surface area contributed by atoms with Crippen molar-refractivity contribution in [1.82, 2.24) is 35.6 Å². The number of rotatable bonds is 12. The Morgan fingerprint density at radius 3 is 2.38 bits per heavy atom. The van der Waals surface area contributed by atoms with E-state index in [0.29, 0.717) is 30.2 Å². The summed E-state index contributed by atoms with van der Waals surface area (Å²) >= 11 is 0. The van der Waals surface area contributed by atoms with E-state index >= 15 is 0 Å². The number of amides is 3. The molecule has 0 spiro atoms. The molecule has 0 aliphatic heterocycles. The van der Waals surface area contributed by atoms with E-state index in [4.69, 9.17) is 4.79 Å². The summed E-state index contributed by atoms with van der Waals surface area (Å²) in [6, 6.07) is 15.2. The summed E-state index contributed by atoms with van der Waals surface area (Å²) in [4.78, 5) is 42.5. The number of anilines is 4. The fourth-order valence-corrected chi connectivity index (χ4v) is 4.85. The van der Waals surface area contributed by atoms with Gasteiger partial charge in [-0.2, -0.15) is 5.10 Å². The van der Waals surface area contributed by atoms with E-state index in [0.717, 1.165) is 54.0 Å². The highest BCUT2D eigenvalue weighted by Crippen LogP contribution is 2.37. The van der Waals surface area contributed by atoms with Gasteiger partial charge in [-0.15, -0.1) is 15.3 Å². The van der Waals surface area contributed by atoms with Crippen LogP contribution in [0.5, 0.6) is 0 Å². The monoisotopic (exact) mass is 638 g/mol. The SMILES string of the molecule is CCCc1ccnc(CN(C)C(=O)c2ccc(-c3cccc(Nc4cc(NC(=O)C5CC5)nnc4C)c3N(C)C)nn2)c1.CNC=O. The first-order valence-electron chi connectivity index (χ1n) is 15.5. The van der Waals surface area contributed by atoms with Crippen molar-refractivity contribution >= 4 is 41.1 Å².